The van der Waals surface area contributed by atoms with Crippen LogP contribution in [0.2, 0.25) is 5.02 Å². The van der Waals surface area contributed by atoms with Crippen LogP contribution in [0.5, 0.6) is 5.75 Å². The highest BCUT2D eigenvalue weighted by Gasteiger charge is 2.14. The summed E-state index contributed by atoms with van der Waals surface area (Å²) in [5.74, 6) is 1.69. The zero-order chi connectivity index (χ0) is 13.0. The first-order valence-electron chi connectivity index (χ1n) is 6.49. The van der Waals surface area contributed by atoms with Crippen LogP contribution in [0.4, 0.5) is 5.69 Å². The maximum atomic E-state index is 6.08. The van der Waals surface area contributed by atoms with Gasteiger partial charge in [0.25, 0.3) is 0 Å². The van der Waals surface area contributed by atoms with Crippen molar-refractivity contribution < 1.29 is 4.74 Å². The van der Waals surface area contributed by atoms with Crippen LogP contribution in [0.3, 0.4) is 0 Å². The summed E-state index contributed by atoms with van der Waals surface area (Å²) in [7, 11) is 1.70. The van der Waals surface area contributed by atoms with Gasteiger partial charge in [0, 0.05) is 11.6 Å². The lowest BCUT2D eigenvalue weighted by atomic mass is 10.1. The van der Waals surface area contributed by atoms with Gasteiger partial charge in [-0.2, -0.15) is 0 Å². The van der Waals surface area contributed by atoms with E-state index >= 15 is 0 Å². The van der Waals surface area contributed by atoms with Gasteiger partial charge in [0.2, 0.25) is 0 Å². The Labute approximate surface area is 114 Å². The van der Waals surface area contributed by atoms with Crippen molar-refractivity contribution in [1.29, 1.82) is 0 Å². The molecule has 1 aromatic carbocycles. The number of rotatable bonds is 5. The minimum Gasteiger partial charge on any atom is -0.494 e. The van der Waals surface area contributed by atoms with Gasteiger partial charge in [-0.15, -0.1) is 0 Å². The smallest absolute Gasteiger partial charge is 0.144 e. The zero-order valence-electron chi connectivity index (χ0n) is 11.1. The lowest BCUT2D eigenvalue weighted by Crippen LogP contribution is -2.13. The van der Waals surface area contributed by atoms with E-state index in [1.54, 1.807) is 7.11 Å². The monoisotopic (exact) mass is 268 g/mol. The van der Waals surface area contributed by atoms with E-state index in [4.69, 9.17) is 16.3 Å². The Kier molecular flexibility index (Phi) is 4.72. The molecule has 0 spiro atoms. The van der Waals surface area contributed by atoms with Gasteiger partial charge in [-0.3, -0.25) is 0 Å². The molecular formula is C14H21ClN2O. The fourth-order valence-electron chi connectivity index (χ4n) is 2.50. The number of halogens is 1. The van der Waals surface area contributed by atoms with E-state index < -0.39 is 0 Å². The topological polar surface area (TPSA) is 33.3 Å². The van der Waals surface area contributed by atoms with Crippen LogP contribution in [0.15, 0.2) is 12.1 Å². The first-order valence-corrected chi connectivity index (χ1v) is 6.87. The van der Waals surface area contributed by atoms with E-state index in [0.29, 0.717) is 0 Å². The highest BCUT2D eigenvalue weighted by atomic mass is 35.5. The molecule has 0 aromatic heterocycles. The third-order valence-electron chi connectivity index (χ3n) is 3.47. The lowest BCUT2D eigenvalue weighted by molar-refractivity contribution is 0.413. The van der Waals surface area contributed by atoms with Crippen LogP contribution in [0.25, 0.3) is 0 Å². The third-order valence-corrected chi connectivity index (χ3v) is 3.69. The average Bonchev–Trinajstić information content (AvgIpc) is 2.81. The van der Waals surface area contributed by atoms with E-state index in [1.807, 2.05) is 19.1 Å². The van der Waals surface area contributed by atoms with Crippen LogP contribution in [0.1, 0.15) is 18.4 Å². The molecule has 3 nitrogen and oxygen atoms in total. The summed E-state index contributed by atoms with van der Waals surface area (Å²) >= 11 is 6.08. The Bertz CT molecular complexity index is 403. The van der Waals surface area contributed by atoms with Crippen molar-refractivity contribution in [3.8, 4) is 5.75 Å². The van der Waals surface area contributed by atoms with E-state index in [9.17, 15) is 0 Å². The first-order chi connectivity index (χ1) is 8.70. The number of benzene rings is 1. The Balaban J connectivity index is 1.95. The van der Waals surface area contributed by atoms with Crippen molar-refractivity contribution in [3.05, 3.63) is 22.7 Å². The van der Waals surface area contributed by atoms with Gasteiger partial charge < -0.3 is 15.4 Å². The standard InChI is InChI=1S/C14H21ClN2O/c1-10-7-12(15)8-13(14(10)18-2)17-6-4-11-3-5-16-9-11/h7-8,11,16-17H,3-6,9H2,1-2H3. The molecule has 1 aliphatic heterocycles. The Morgan fingerprint density at radius 2 is 2.33 bits per heavy atom. The van der Waals surface area contributed by atoms with E-state index in [-0.39, 0.29) is 0 Å². The van der Waals surface area contributed by atoms with Crippen molar-refractivity contribution in [2.24, 2.45) is 5.92 Å². The summed E-state index contributed by atoms with van der Waals surface area (Å²) in [4.78, 5) is 0. The molecule has 1 saturated heterocycles. The van der Waals surface area contributed by atoms with E-state index in [2.05, 4.69) is 10.6 Å². The van der Waals surface area contributed by atoms with E-state index in [1.165, 1.54) is 12.8 Å². The fraction of sp³-hybridized carbons (Fsp3) is 0.571. The van der Waals surface area contributed by atoms with Gasteiger partial charge in [-0.1, -0.05) is 11.6 Å². The second-order valence-corrected chi connectivity index (χ2v) is 5.31. The van der Waals surface area contributed by atoms with Crippen LogP contribution in [-0.2, 0) is 0 Å². The molecule has 2 N–H and O–H groups in total. The fourth-order valence-corrected chi connectivity index (χ4v) is 2.78. The number of methoxy groups -OCH3 is 1. The molecule has 1 unspecified atom stereocenters. The predicted molar refractivity (Wildman–Crippen MR) is 76.8 cm³/mol. The van der Waals surface area contributed by atoms with Crippen LogP contribution >= 0.6 is 11.6 Å². The first kappa shape index (κ1) is 13.5. The summed E-state index contributed by atoms with van der Waals surface area (Å²) in [6, 6.07) is 3.85. The average molecular weight is 269 g/mol. The molecule has 100 valence electrons. The highest BCUT2D eigenvalue weighted by molar-refractivity contribution is 6.31. The van der Waals surface area contributed by atoms with Crippen LogP contribution < -0.4 is 15.4 Å². The molecule has 2 rings (SSSR count). The largest absolute Gasteiger partial charge is 0.494 e. The predicted octanol–water partition coefficient (Wildman–Crippen LogP) is 3.07. The van der Waals surface area contributed by atoms with Gasteiger partial charge in [0.1, 0.15) is 5.75 Å². The van der Waals surface area contributed by atoms with Gasteiger partial charge >= 0.3 is 0 Å². The van der Waals surface area contributed by atoms with E-state index in [0.717, 1.165) is 47.6 Å². The molecular weight excluding hydrogens is 248 g/mol. The third kappa shape index (κ3) is 3.30. The summed E-state index contributed by atoms with van der Waals surface area (Å²) in [6.45, 7) is 5.27. The molecule has 18 heavy (non-hydrogen) atoms. The van der Waals surface area contributed by atoms with Gasteiger partial charge in [0.05, 0.1) is 12.8 Å². The Hall–Kier alpha value is -0.930. The maximum absolute atomic E-state index is 6.08. The van der Waals surface area contributed by atoms with Crippen molar-refractivity contribution in [2.45, 2.75) is 19.8 Å². The van der Waals surface area contributed by atoms with Gasteiger partial charge in [-0.25, -0.2) is 0 Å². The minimum absolute atomic E-state index is 0.748. The Morgan fingerprint density at radius 1 is 1.50 bits per heavy atom. The molecule has 1 atom stereocenters. The molecule has 1 aromatic rings. The van der Waals surface area contributed by atoms with Crippen LogP contribution in [0, 0.1) is 12.8 Å². The lowest BCUT2D eigenvalue weighted by Gasteiger charge is -2.15. The number of aryl methyl sites for hydroxylation is 1. The van der Waals surface area contributed by atoms with Crippen molar-refractivity contribution in [3.63, 3.8) is 0 Å². The highest BCUT2D eigenvalue weighted by Crippen LogP contribution is 2.32. The van der Waals surface area contributed by atoms with Crippen molar-refractivity contribution >= 4 is 17.3 Å². The van der Waals surface area contributed by atoms with Crippen molar-refractivity contribution in [2.75, 3.05) is 32.1 Å². The summed E-state index contributed by atoms with van der Waals surface area (Å²) in [6.07, 6.45) is 2.47. The molecule has 1 aliphatic rings. The molecule has 0 aliphatic carbocycles. The number of ether oxygens (including phenoxy) is 1. The number of hydrogen-bond donors (Lipinski definition) is 2. The van der Waals surface area contributed by atoms with Crippen LogP contribution in [-0.4, -0.2) is 26.7 Å². The van der Waals surface area contributed by atoms with Crippen molar-refractivity contribution in [1.82, 2.24) is 5.32 Å². The van der Waals surface area contributed by atoms with Gasteiger partial charge in [0.15, 0.2) is 0 Å². The molecule has 0 radical (unpaired) electrons. The second kappa shape index (κ2) is 6.30. The number of anilines is 1. The number of nitrogens with one attached hydrogen (secondary N) is 2. The van der Waals surface area contributed by atoms with Gasteiger partial charge in [-0.05, 0) is 56.5 Å². The normalized spacial score (nSPS) is 18.9. The second-order valence-electron chi connectivity index (χ2n) is 4.88. The quantitative estimate of drug-likeness (QED) is 0.861. The molecule has 0 amide bonds. The molecule has 0 saturated carbocycles. The maximum Gasteiger partial charge on any atom is 0.144 e. The Morgan fingerprint density at radius 3 is 3.00 bits per heavy atom. The molecule has 1 heterocycles. The summed E-state index contributed by atoms with van der Waals surface area (Å²) < 4.78 is 5.42. The molecule has 1 fully saturated rings. The summed E-state index contributed by atoms with van der Waals surface area (Å²) in [5.41, 5.74) is 2.06. The number of hydrogen-bond acceptors (Lipinski definition) is 3. The SMILES string of the molecule is COc1c(C)cc(Cl)cc1NCCC1CCNC1. The molecule has 4 heteroatoms. The summed E-state index contributed by atoms with van der Waals surface area (Å²) in [5, 5.41) is 7.57. The minimum atomic E-state index is 0.748. The molecule has 0 bridgehead atoms. The zero-order valence-corrected chi connectivity index (χ0v) is 11.8.